The maximum atomic E-state index is 12.5. The zero-order chi connectivity index (χ0) is 17.7. The molecule has 2 heterocycles. The van der Waals surface area contributed by atoms with E-state index in [1.165, 1.54) is 18.3 Å². The Morgan fingerprint density at radius 3 is 2.80 bits per heavy atom. The molecule has 1 aliphatic heterocycles. The smallest absolute Gasteiger partial charge is 0.263 e. The van der Waals surface area contributed by atoms with Crippen LogP contribution >= 0.6 is 11.6 Å². The molecule has 6 nitrogen and oxygen atoms in total. The number of sulfonamides is 1. The molecule has 0 saturated carbocycles. The fraction of sp³-hybridized carbons (Fsp3) is 0.353. The van der Waals surface area contributed by atoms with Crippen LogP contribution in [-0.2, 0) is 14.8 Å². The van der Waals surface area contributed by atoms with E-state index >= 15 is 0 Å². The summed E-state index contributed by atoms with van der Waals surface area (Å²) < 4.78 is 39.0. The standard InChI is InChI=1S/C17H19ClN2O4S/c18-17-9-8-14(11-19-17)25(21,22)20-15-6-1-2-7-16(15)24-12-13-5-3-4-10-23-13/h1-2,6-9,11,13,20H,3-5,10,12H2. The van der Waals surface area contributed by atoms with Gasteiger partial charge in [-0.15, -0.1) is 0 Å². The van der Waals surface area contributed by atoms with Crippen LogP contribution in [0.2, 0.25) is 5.15 Å². The number of aromatic nitrogens is 1. The molecule has 0 radical (unpaired) electrons. The van der Waals surface area contributed by atoms with Gasteiger partial charge in [0.2, 0.25) is 0 Å². The van der Waals surface area contributed by atoms with Crippen LogP contribution in [0.25, 0.3) is 0 Å². The summed E-state index contributed by atoms with van der Waals surface area (Å²) in [5.74, 6) is 0.460. The highest BCUT2D eigenvalue weighted by molar-refractivity contribution is 7.92. The normalized spacial score (nSPS) is 17.9. The van der Waals surface area contributed by atoms with Gasteiger partial charge in [-0.2, -0.15) is 0 Å². The predicted molar refractivity (Wildman–Crippen MR) is 95.6 cm³/mol. The van der Waals surface area contributed by atoms with Crippen molar-refractivity contribution in [2.45, 2.75) is 30.3 Å². The van der Waals surface area contributed by atoms with E-state index in [1.54, 1.807) is 24.3 Å². The largest absolute Gasteiger partial charge is 0.489 e. The molecule has 0 bridgehead atoms. The molecule has 8 heteroatoms. The summed E-state index contributed by atoms with van der Waals surface area (Å²) in [5.41, 5.74) is 0.369. The lowest BCUT2D eigenvalue weighted by Crippen LogP contribution is -2.26. The van der Waals surface area contributed by atoms with Gasteiger partial charge in [-0.3, -0.25) is 4.72 Å². The van der Waals surface area contributed by atoms with E-state index < -0.39 is 10.0 Å². The minimum atomic E-state index is -3.78. The molecule has 1 saturated heterocycles. The van der Waals surface area contributed by atoms with Crippen molar-refractivity contribution in [1.82, 2.24) is 4.98 Å². The molecule has 25 heavy (non-hydrogen) atoms. The molecule has 0 aliphatic carbocycles. The molecule has 1 aromatic carbocycles. The van der Waals surface area contributed by atoms with E-state index in [0.717, 1.165) is 25.9 Å². The van der Waals surface area contributed by atoms with Gasteiger partial charge in [-0.25, -0.2) is 13.4 Å². The first-order valence-electron chi connectivity index (χ1n) is 8.02. The fourth-order valence-electron chi connectivity index (χ4n) is 2.52. The van der Waals surface area contributed by atoms with Gasteiger partial charge in [0.25, 0.3) is 10.0 Å². The van der Waals surface area contributed by atoms with Gasteiger partial charge >= 0.3 is 0 Å². The summed E-state index contributed by atoms with van der Waals surface area (Å²) >= 11 is 5.70. The molecule has 0 amide bonds. The summed E-state index contributed by atoms with van der Waals surface area (Å²) in [7, 11) is -3.78. The minimum Gasteiger partial charge on any atom is -0.489 e. The quantitative estimate of drug-likeness (QED) is 0.774. The number of halogens is 1. The van der Waals surface area contributed by atoms with Crippen molar-refractivity contribution in [2.75, 3.05) is 17.9 Å². The second-order valence-electron chi connectivity index (χ2n) is 5.72. The zero-order valence-electron chi connectivity index (χ0n) is 13.5. The number of benzene rings is 1. The Morgan fingerprint density at radius 1 is 1.24 bits per heavy atom. The number of para-hydroxylation sites is 2. The molecule has 3 rings (SSSR count). The summed E-state index contributed by atoms with van der Waals surface area (Å²) in [6, 6.07) is 9.73. The van der Waals surface area contributed by atoms with Crippen LogP contribution < -0.4 is 9.46 Å². The number of ether oxygens (including phenoxy) is 2. The predicted octanol–water partition coefficient (Wildman–Crippen LogP) is 3.48. The van der Waals surface area contributed by atoms with Crippen molar-refractivity contribution in [3.8, 4) is 5.75 Å². The molecule has 1 aromatic heterocycles. The minimum absolute atomic E-state index is 0.0299. The number of nitrogens with zero attached hydrogens (tertiary/aromatic N) is 1. The number of hydrogen-bond donors (Lipinski definition) is 1. The fourth-order valence-corrected chi connectivity index (χ4v) is 3.65. The van der Waals surface area contributed by atoms with Crippen LogP contribution in [0.4, 0.5) is 5.69 Å². The van der Waals surface area contributed by atoms with E-state index in [4.69, 9.17) is 21.1 Å². The number of rotatable bonds is 6. The second kappa shape index (κ2) is 8.03. The zero-order valence-corrected chi connectivity index (χ0v) is 15.1. The van der Waals surface area contributed by atoms with Gasteiger partial charge in [0.15, 0.2) is 0 Å². The third kappa shape index (κ3) is 4.84. The second-order valence-corrected chi connectivity index (χ2v) is 7.79. The van der Waals surface area contributed by atoms with Crippen molar-refractivity contribution in [3.63, 3.8) is 0 Å². The van der Waals surface area contributed by atoms with Crippen LogP contribution in [0.1, 0.15) is 19.3 Å². The van der Waals surface area contributed by atoms with Gasteiger partial charge in [-0.05, 0) is 43.5 Å². The van der Waals surface area contributed by atoms with E-state index in [-0.39, 0.29) is 16.2 Å². The summed E-state index contributed by atoms with van der Waals surface area (Å²) in [4.78, 5) is 3.84. The highest BCUT2D eigenvalue weighted by Gasteiger charge is 2.19. The summed E-state index contributed by atoms with van der Waals surface area (Å²) in [6.07, 6.45) is 4.39. The Balaban J connectivity index is 1.72. The molecule has 134 valence electrons. The number of hydrogen-bond acceptors (Lipinski definition) is 5. The topological polar surface area (TPSA) is 77.5 Å². The van der Waals surface area contributed by atoms with E-state index in [2.05, 4.69) is 9.71 Å². The van der Waals surface area contributed by atoms with E-state index in [1.807, 2.05) is 0 Å². The summed E-state index contributed by atoms with van der Waals surface area (Å²) in [6.45, 7) is 1.13. The number of pyridine rings is 1. The van der Waals surface area contributed by atoms with Crippen LogP contribution in [0.15, 0.2) is 47.5 Å². The van der Waals surface area contributed by atoms with Gasteiger partial charge in [0.1, 0.15) is 22.4 Å². The summed E-state index contributed by atoms with van der Waals surface area (Å²) in [5, 5.41) is 0.232. The lowest BCUT2D eigenvalue weighted by Gasteiger charge is -2.23. The van der Waals surface area contributed by atoms with Gasteiger partial charge in [0, 0.05) is 12.8 Å². The molecular formula is C17H19ClN2O4S. The molecule has 1 N–H and O–H groups in total. The van der Waals surface area contributed by atoms with Crippen LogP contribution in [-0.4, -0.2) is 32.7 Å². The number of nitrogens with one attached hydrogen (secondary N) is 1. The molecule has 1 atom stereocenters. The Bertz CT molecular complexity index is 806. The molecule has 1 aliphatic rings. The van der Waals surface area contributed by atoms with Crippen molar-refractivity contribution in [3.05, 3.63) is 47.7 Å². The molecule has 1 fully saturated rings. The Morgan fingerprint density at radius 2 is 2.08 bits per heavy atom. The lowest BCUT2D eigenvalue weighted by molar-refractivity contribution is -0.0109. The van der Waals surface area contributed by atoms with Gasteiger partial charge in [-0.1, -0.05) is 23.7 Å². The Kier molecular flexibility index (Phi) is 5.78. The average molecular weight is 383 g/mol. The van der Waals surface area contributed by atoms with Crippen LogP contribution in [0, 0.1) is 0 Å². The number of anilines is 1. The van der Waals surface area contributed by atoms with Crippen molar-refractivity contribution in [1.29, 1.82) is 0 Å². The van der Waals surface area contributed by atoms with Crippen molar-refractivity contribution < 1.29 is 17.9 Å². The monoisotopic (exact) mass is 382 g/mol. The van der Waals surface area contributed by atoms with Gasteiger partial charge in [0.05, 0.1) is 11.8 Å². The third-order valence-electron chi connectivity index (χ3n) is 3.84. The third-order valence-corrected chi connectivity index (χ3v) is 5.41. The Hall–Kier alpha value is -1.83. The maximum absolute atomic E-state index is 12.5. The molecular weight excluding hydrogens is 364 g/mol. The average Bonchev–Trinajstić information content (AvgIpc) is 2.62. The molecule has 0 spiro atoms. The van der Waals surface area contributed by atoms with Gasteiger partial charge < -0.3 is 9.47 Å². The van der Waals surface area contributed by atoms with Crippen molar-refractivity contribution >= 4 is 27.3 Å². The Labute approximate surface area is 152 Å². The van der Waals surface area contributed by atoms with Crippen LogP contribution in [0.5, 0.6) is 5.75 Å². The maximum Gasteiger partial charge on any atom is 0.263 e. The first kappa shape index (κ1) is 18.0. The van der Waals surface area contributed by atoms with E-state index in [9.17, 15) is 8.42 Å². The molecule has 2 aromatic rings. The SMILES string of the molecule is O=S(=O)(Nc1ccccc1OCC1CCCCO1)c1ccc(Cl)nc1. The highest BCUT2D eigenvalue weighted by atomic mass is 35.5. The highest BCUT2D eigenvalue weighted by Crippen LogP contribution is 2.27. The molecule has 1 unspecified atom stereocenters. The van der Waals surface area contributed by atoms with E-state index in [0.29, 0.717) is 18.0 Å². The van der Waals surface area contributed by atoms with Crippen LogP contribution in [0.3, 0.4) is 0 Å². The van der Waals surface area contributed by atoms with Crippen molar-refractivity contribution in [2.24, 2.45) is 0 Å². The first-order valence-corrected chi connectivity index (χ1v) is 9.88. The lowest BCUT2D eigenvalue weighted by atomic mass is 10.1. The first-order chi connectivity index (χ1) is 12.0.